The van der Waals surface area contributed by atoms with Crippen molar-refractivity contribution in [2.75, 3.05) is 7.11 Å². The minimum absolute atomic E-state index is 0.140. The van der Waals surface area contributed by atoms with Gasteiger partial charge in [0.25, 0.3) is 0 Å². The normalized spacial score (nSPS) is 11.2. The molecule has 0 bridgehead atoms. The lowest BCUT2D eigenvalue weighted by Gasteiger charge is -2.07. The molecular weight excluding hydrogens is 294 g/mol. The molecule has 0 saturated heterocycles. The van der Waals surface area contributed by atoms with Crippen LogP contribution in [0.5, 0.6) is 5.75 Å². The lowest BCUT2D eigenvalue weighted by atomic mass is 10.00. The summed E-state index contributed by atoms with van der Waals surface area (Å²) in [5.74, 6) is 0.260. The summed E-state index contributed by atoms with van der Waals surface area (Å²) >= 11 is 3.35. The average Bonchev–Trinajstić information content (AvgIpc) is 2.35. The van der Waals surface area contributed by atoms with Gasteiger partial charge < -0.3 is 4.74 Å². The molecule has 0 fully saturated rings. The van der Waals surface area contributed by atoms with Gasteiger partial charge >= 0.3 is 0 Å². The standard InChI is InChI=1S/C14H14BrNO2/c1-9(2)14(17)11(8-16)6-10-7-12(15)4-5-13(10)18-3/h4-7,9H,1-3H3/b11-6-. The van der Waals surface area contributed by atoms with E-state index in [1.165, 1.54) is 0 Å². The summed E-state index contributed by atoms with van der Waals surface area (Å²) in [6, 6.07) is 7.37. The summed E-state index contributed by atoms with van der Waals surface area (Å²) in [5.41, 5.74) is 0.846. The lowest BCUT2D eigenvalue weighted by Crippen LogP contribution is -2.08. The number of halogens is 1. The van der Waals surface area contributed by atoms with Crippen LogP contribution in [0.2, 0.25) is 0 Å². The van der Waals surface area contributed by atoms with Crippen molar-refractivity contribution < 1.29 is 9.53 Å². The number of ketones is 1. The Balaban J connectivity index is 3.25. The van der Waals surface area contributed by atoms with Gasteiger partial charge in [0, 0.05) is 16.0 Å². The van der Waals surface area contributed by atoms with Crippen LogP contribution in [0.25, 0.3) is 6.08 Å². The second-order valence-corrected chi connectivity index (χ2v) is 4.99. The number of carbonyl (C=O) groups excluding carboxylic acids is 1. The highest BCUT2D eigenvalue weighted by atomic mass is 79.9. The first-order valence-electron chi connectivity index (χ1n) is 5.49. The molecule has 0 aliphatic heterocycles. The number of hydrogen-bond acceptors (Lipinski definition) is 3. The van der Waals surface area contributed by atoms with Crippen molar-refractivity contribution in [1.29, 1.82) is 5.26 Å². The van der Waals surface area contributed by atoms with Crippen molar-refractivity contribution in [2.45, 2.75) is 13.8 Å². The molecule has 0 radical (unpaired) electrons. The van der Waals surface area contributed by atoms with Crippen molar-refractivity contribution in [2.24, 2.45) is 5.92 Å². The predicted octanol–water partition coefficient (Wildman–Crippen LogP) is 3.59. The Morgan fingerprint density at radius 3 is 2.67 bits per heavy atom. The Morgan fingerprint density at radius 2 is 2.17 bits per heavy atom. The molecule has 1 rings (SSSR count). The van der Waals surface area contributed by atoms with Crippen LogP contribution >= 0.6 is 15.9 Å². The number of carbonyl (C=O) groups is 1. The van der Waals surface area contributed by atoms with Gasteiger partial charge in [-0.25, -0.2) is 0 Å². The third-order valence-corrected chi connectivity index (χ3v) is 2.90. The van der Waals surface area contributed by atoms with Crippen LogP contribution in [-0.2, 0) is 4.79 Å². The number of nitriles is 1. The van der Waals surface area contributed by atoms with Gasteiger partial charge in [0.2, 0.25) is 0 Å². The number of benzene rings is 1. The summed E-state index contributed by atoms with van der Waals surface area (Å²) in [6.45, 7) is 3.54. The number of ether oxygens (including phenoxy) is 1. The van der Waals surface area contributed by atoms with E-state index in [4.69, 9.17) is 10.00 Å². The summed E-state index contributed by atoms with van der Waals surface area (Å²) in [7, 11) is 1.55. The molecule has 0 spiro atoms. The van der Waals surface area contributed by atoms with E-state index in [1.54, 1.807) is 33.1 Å². The molecule has 1 aromatic rings. The second kappa shape index (κ2) is 6.36. The fourth-order valence-corrected chi connectivity index (χ4v) is 1.82. The maximum Gasteiger partial charge on any atom is 0.175 e. The number of hydrogen-bond donors (Lipinski definition) is 0. The number of rotatable bonds is 4. The summed E-state index contributed by atoms with van der Waals surface area (Å²) in [6.07, 6.45) is 1.56. The van der Waals surface area contributed by atoms with E-state index in [0.29, 0.717) is 11.3 Å². The van der Waals surface area contributed by atoms with Gasteiger partial charge in [-0.1, -0.05) is 29.8 Å². The smallest absolute Gasteiger partial charge is 0.175 e. The Hall–Kier alpha value is -1.60. The molecule has 0 aromatic heterocycles. The fraction of sp³-hybridized carbons (Fsp3) is 0.286. The van der Waals surface area contributed by atoms with E-state index < -0.39 is 0 Å². The van der Waals surface area contributed by atoms with Gasteiger partial charge in [-0.2, -0.15) is 5.26 Å². The van der Waals surface area contributed by atoms with Crippen LogP contribution in [0, 0.1) is 17.2 Å². The van der Waals surface area contributed by atoms with E-state index in [-0.39, 0.29) is 17.3 Å². The minimum Gasteiger partial charge on any atom is -0.496 e. The molecule has 0 aliphatic rings. The first-order chi connectivity index (χ1) is 8.49. The molecule has 1 aromatic carbocycles. The largest absolute Gasteiger partial charge is 0.496 e. The monoisotopic (exact) mass is 307 g/mol. The zero-order valence-corrected chi connectivity index (χ0v) is 12.1. The first kappa shape index (κ1) is 14.5. The van der Waals surface area contributed by atoms with Crippen LogP contribution in [-0.4, -0.2) is 12.9 Å². The minimum atomic E-state index is -0.200. The van der Waals surface area contributed by atoms with Gasteiger partial charge in [0.05, 0.1) is 12.7 Å². The Morgan fingerprint density at radius 1 is 1.50 bits per heavy atom. The van der Waals surface area contributed by atoms with Crippen LogP contribution in [0.15, 0.2) is 28.2 Å². The van der Waals surface area contributed by atoms with Crippen LogP contribution in [0.4, 0.5) is 0 Å². The van der Waals surface area contributed by atoms with E-state index in [1.807, 2.05) is 18.2 Å². The maximum absolute atomic E-state index is 11.8. The molecule has 94 valence electrons. The quantitative estimate of drug-likeness (QED) is 0.631. The highest BCUT2D eigenvalue weighted by Crippen LogP contribution is 2.25. The third kappa shape index (κ3) is 3.44. The summed E-state index contributed by atoms with van der Waals surface area (Å²) in [4.78, 5) is 11.8. The SMILES string of the molecule is COc1ccc(Br)cc1/C=C(/C#N)C(=O)C(C)C. The molecule has 0 atom stereocenters. The summed E-state index contributed by atoms with van der Waals surface area (Å²) < 4.78 is 6.06. The van der Waals surface area contributed by atoms with Crippen LogP contribution < -0.4 is 4.74 Å². The molecule has 0 amide bonds. The molecule has 0 aliphatic carbocycles. The zero-order chi connectivity index (χ0) is 13.7. The number of Topliss-reactive ketones (excluding diaryl/α,β-unsaturated/α-hetero) is 1. The van der Waals surface area contributed by atoms with Crippen LogP contribution in [0.3, 0.4) is 0 Å². The predicted molar refractivity (Wildman–Crippen MR) is 74.1 cm³/mol. The zero-order valence-electron chi connectivity index (χ0n) is 10.5. The number of allylic oxidation sites excluding steroid dienone is 1. The topological polar surface area (TPSA) is 50.1 Å². The van der Waals surface area contributed by atoms with Gasteiger partial charge in [0.1, 0.15) is 11.8 Å². The van der Waals surface area contributed by atoms with E-state index in [2.05, 4.69) is 15.9 Å². The molecular formula is C14H14BrNO2. The fourth-order valence-electron chi connectivity index (χ4n) is 1.44. The average molecular weight is 308 g/mol. The Bertz CT molecular complexity index is 527. The molecule has 0 unspecified atom stereocenters. The van der Waals surface area contributed by atoms with E-state index in [9.17, 15) is 4.79 Å². The van der Waals surface area contributed by atoms with Crippen molar-refractivity contribution in [1.82, 2.24) is 0 Å². The maximum atomic E-state index is 11.8. The molecule has 3 nitrogen and oxygen atoms in total. The van der Waals surface area contributed by atoms with Gasteiger partial charge in [-0.3, -0.25) is 4.79 Å². The first-order valence-corrected chi connectivity index (χ1v) is 6.28. The van der Waals surface area contributed by atoms with Crippen molar-refractivity contribution in [3.63, 3.8) is 0 Å². The van der Waals surface area contributed by atoms with Crippen molar-refractivity contribution >= 4 is 27.8 Å². The molecule has 0 N–H and O–H groups in total. The Kier molecular flexibility index (Phi) is 5.11. The van der Waals surface area contributed by atoms with E-state index >= 15 is 0 Å². The van der Waals surface area contributed by atoms with Crippen molar-refractivity contribution in [3.05, 3.63) is 33.8 Å². The van der Waals surface area contributed by atoms with Crippen molar-refractivity contribution in [3.8, 4) is 11.8 Å². The van der Waals surface area contributed by atoms with Gasteiger partial charge in [-0.15, -0.1) is 0 Å². The van der Waals surface area contributed by atoms with Crippen LogP contribution in [0.1, 0.15) is 19.4 Å². The molecule has 0 saturated carbocycles. The lowest BCUT2D eigenvalue weighted by molar-refractivity contribution is -0.117. The number of nitrogens with zero attached hydrogens (tertiary/aromatic N) is 1. The van der Waals surface area contributed by atoms with E-state index in [0.717, 1.165) is 4.47 Å². The molecule has 18 heavy (non-hydrogen) atoms. The molecule has 4 heteroatoms. The highest BCUT2D eigenvalue weighted by molar-refractivity contribution is 9.10. The van der Waals surface area contributed by atoms with Gasteiger partial charge in [-0.05, 0) is 24.3 Å². The third-order valence-electron chi connectivity index (χ3n) is 2.40. The summed E-state index contributed by atoms with van der Waals surface area (Å²) in [5, 5.41) is 9.05. The highest BCUT2D eigenvalue weighted by Gasteiger charge is 2.14. The second-order valence-electron chi connectivity index (χ2n) is 4.08. The molecule has 0 heterocycles. The number of methoxy groups -OCH3 is 1. The van der Waals surface area contributed by atoms with Gasteiger partial charge in [0.15, 0.2) is 5.78 Å². The Labute approximate surface area is 115 Å².